The molecule has 1 aromatic carbocycles. The second-order valence-electron chi connectivity index (χ2n) is 5.86. The highest BCUT2D eigenvalue weighted by molar-refractivity contribution is 5.79. The first-order chi connectivity index (χ1) is 10.6. The van der Waals surface area contributed by atoms with E-state index in [9.17, 15) is 13.6 Å². The zero-order chi connectivity index (χ0) is 15.5. The molecule has 2 aliphatic heterocycles. The van der Waals surface area contributed by atoms with E-state index in [1.54, 1.807) is 4.90 Å². The maximum atomic E-state index is 13.4. The van der Waals surface area contributed by atoms with Crippen LogP contribution >= 0.6 is 0 Å². The maximum absolute atomic E-state index is 13.4. The molecule has 22 heavy (non-hydrogen) atoms. The van der Waals surface area contributed by atoms with Gasteiger partial charge in [-0.05, 0) is 37.1 Å². The van der Waals surface area contributed by atoms with Gasteiger partial charge >= 0.3 is 0 Å². The lowest BCUT2D eigenvalue weighted by Gasteiger charge is -2.36. The molecule has 3 rings (SSSR count). The zero-order valence-corrected chi connectivity index (χ0v) is 12.4. The summed E-state index contributed by atoms with van der Waals surface area (Å²) < 4.78 is 32.0. The van der Waals surface area contributed by atoms with Crippen molar-refractivity contribution in [2.45, 2.75) is 18.9 Å². The number of rotatable bonds is 2. The molecular weight excluding hydrogens is 290 g/mol. The van der Waals surface area contributed by atoms with E-state index >= 15 is 0 Å². The molecule has 0 bridgehead atoms. The van der Waals surface area contributed by atoms with Crippen molar-refractivity contribution in [1.82, 2.24) is 10.2 Å². The third kappa shape index (κ3) is 3.28. The van der Waals surface area contributed by atoms with E-state index in [0.717, 1.165) is 31.5 Å². The number of nitrogens with one attached hydrogen (secondary N) is 1. The summed E-state index contributed by atoms with van der Waals surface area (Å²) in [4.78, 5) is 14.3. The van der Waals surface area contributed by atoms with E-state index in [1.165, 1.54) is 6.07 Å². The fourth-order valence-corrected chi connectivity index (χ4v) is 3.08. The Bertz CT molecular complexity index is 547. The summed E-state index contributed by atoms with van der Waals surface area (Å²) in [6, 6.07) is 3.76. The number of amides is 1. The topological polar surface area (TPSA) is 41.6 Å². The zero-order valence-electron chi connectivity index (χ0n) is 12.4. The highest BCUT2D eigenvalue weighted by atomic mass is 19.2. The van der Waals surface area contributed by atoms with Crippen LogP contribution in [0.15, 0.2) is 18.2 Å². The molecule has 2 atom stereocenters. The number of carbonyl (C=O) groups excluding carboxylic acids is 1. The van der Waals surface area contributed by atoms with Gasteiger partial charge in [-0.3, -0.25) is 4.79 Å². The Morgan fingerprint density at radius 2 is 2.18 bits per heavy atom. The van der Waals surface area contributed by atoms with Crippen molar-refractivity contribution in [3.05, 3.63) is 35.4 Å². The van der Waals surface area contributed by atoms with E-state index in [-0.39, 0.29) is 11.8 Å². The first-order valence-electron chi connectivity index (χ1n) is 7.71. The van der Waals surface area contributed by atoms with Gasteiger partial charge in [0, 0.05) is 13.1 Å². The molecule has 2 unspecified atom stereocenters. The minimum absolute atomic E-state index is 0.0115. The predicted molar refractivity (Wildman–Crippen MR) is 77.2 cm³/mol. The summed E-state index contributed by atoms with van der Waals surface area (Å²) in [6.07, 6.45) is 1.51. The van der Waals surface area contributed by atoms with Crippen LogP contribution in [-0.4, -0.2) is 43.6 Å². The molecule has 0 saturated carbocycles. The van der Waals surface area contributed by atoms with Crippen LogP contribution in [0.1, 0.15) is 24.5 Å². The summed E-state index contributed by atoms with van der Waals surface area (Å²) in [5, 5.41) is 3.24. The van der Waals surface area contributed by atoms with Crippen LogP contribution in [0.3, 0.4) is 0 Å². The Morgan fingerprint density at radius 1 is 1.32 bits per heavy atom. The standard InChI is InChI=1S/C16H20F2N2O2/c17-13-4-3-11(8-14(13)18)15-10-20(6-7-22-15)16(21)12-2-1-5-19-9-12/h3-4,8,12,15,19H,1-2,5-7,9-10H2. The van der Waals surface area contributed by atoms with E-state index in [2.05, 4.69) is 5.32 Å². The van der Waals surface area contributed by atoms with E-state index in [4.69, 9.17) is 4.74 Å². The molecule has 1 amide bonds. The summed E-state index contributed by atoms with van der Waals surface area (Å²) >= 11 is 0. The molecule has 2 fully saturated rings. The minimum Gasteiger partial charge on any atom is -0.370 e. The van der Waals surface area contributed by atoms with Crippen LogP contribution in [0.4, 0.5) is 8.78 Å². The number of hydrogen-bond acceptors (Lipinski definition) is 3. The minimum atomic E-state index is -0.888. The molecule has 0 aromatic heterocycles. The molecule has 0 spiro atoms. The fourth-order valence-electron chi connectivity index (χ4n) is 3.08. The van der Waals surface area contributed by atoms with Crippen molar-refractivity contribution in [2.24, 2.45) is 5.92 Å². The Labute approximate surface area is 128 Å². The Balaban J connectivity index is 1.68. The van der Waals surface area contributed by atoms with Crippen molar-refractivity contribution >= 4 is 5.91 Å². The molecule has 0 aliphatic carbocycles. The third-order valence-electron chi connectivity index (χ3n) is 4.34. The summed E-state index contributed by atoms with van der Waals surface area (Å²) in [7, 11) is 0. The molecule has 0 radical (unpaired) electrons. The molecule has 4 nitrogen and oxygen atoms in total. The van der Waals surface area contributed by atoms with Gasteiger partial charge in [0.15, 0.2) is 11.6 Å². The van der Waals surface area contributed by atoms with E-state index in [1.807, 2.05) is 0 Å². The Kier molecular flexibility index (Phi) is 4.69. The lowest BCUT2D eigenvalue weighted by molar-refractivity contribution is -0.143. The highest BCUT2D eigenvalue weighted by Crippen LogP contribution is 2.25. The maximum Gasteiger partial charge on any atom is 0.227 e. The largest absolute Gasteiger partial charge is 0.370 e. The molecule has 2 saturated heterocycles. The second-order valence-corrected chi connectivity index (χ2v) is 5.86. The third-order valence-corrected chi connectivity index (χ3v) is 4.34. The Hall–Kier alpha value is -1.53. The first kappa shape index (κ1) is 15.4. The van der Waals surface area contributed by atoms with Crippen LogP contribution in [0.25, 0.3) is 0 Å². The van der Waals surface area contributed by atoms with Crippen LogP contribution in [0.2, 0.25) is 0 Å². The normalized spacial score (nSPS) is 26.0. The molecule has 1 N–H and O–H groups in total. The summed E-state index contributed by atoms with van der Waals surface area (Å²) in [5.41, 5.74) is 0.568. The van der Waals surface area contributed by atoms with Crippen molar-refractivity contribution in [3.63, 3.8) is 0 Å². The van der Waals surface area contributed by atoms with E-state index < -0.39 is 17.7 Å². The van der Waals surface area contributed by atoms with Crippen LogP contribution < -0.4 is 5.32 Å². The van der Waals surface area contributed by atoms with Gasteiger partial charge in [0.1, 0.15) is 6.10 Å². The fraction of sp³-hybridized carbons (Fsp3) is 0.562. The van der Waals surface area contributed by atoms with Crippen molar-refractivity contribution < 1.29 is 18.3 Å². The smallest absolute Gasteiger partial charge is 0.227 e. The Morgan fingerprint density at radius 3 is 2.91 bits per heavy atom. The number of benzene rings is 1. The van der Waals surface area contributed by atoms with Crippen molar-refractivity contribution in [3.8, 4) is 0 Å². The monoisotopic (exact) mass is 310 g/mol. The number of piperidine rings is 1. The van der Waals surface area contributed by atoms with Crippen LogP contribution in [-0.2, 0) is 9.53 Å². The van der Waals surface area contributed by atoms with Crippen LogP contribution in [0.5, 0.6) is 0 Å². The molecule has 1 aromatic rings. The highest BCUT2D eigenvalue weighted by Gasteiger charge is 2.30. The van der Waals surface area contributed by atoms with Gasteiger partial charge in [0.2, 0.25) is 5.91 Å². The quantitative estimate of drug-likeness (QED) is 0.906. The van der Waals surface area contributed by atoms with Crippen LogP contribution in [0, 0.1) is 17.6 Å². The molecule has 120 valence electrons. The number of morpholine rings is 1. The average Bonchev–Trinajstić information content (AvgIpc) is 2.57. The molecule has 6 heteroatoms. The van der Waals surface area contributed by atoms with Gasteiger partial charge in [-0.25, -0.2) is 8.78 Å². The van der Waals surface area contributed by atoms with Gasteiger partial charge in [-0.15, -0.1) is 0 Å². The number of carbonyl (C=O) groups is 1. The SMILES string of the molecule is O=C(C1CCCNC1)N1CCOC(c2ccc(F)c(F)c2)C1. The number of ether oxygens (including phenoxy) is 1. The predicted octanol–water partition coefficient (Wildman–Crippen LogP) is 1.86. The first-order valence-corrected chi connectivity index (χ1v) is 7.71. The average molecular weight is 310 g/mol. The molecule has 2 heterocycles. The van der Waals surface area contributed by atoms with Gasteiger partial charge in [0.25, 0.3) is 0 Å². The number of halogens is 2. The van der Waals surface area contributed by atoms with Gasteiger partial charge in [-0.2, -0.15) is 0 Å². The van der Waals surface area contributed by atoms with Gasteiger partial charge < -0.3 is 15.0 Å². The number of nitrogens with zero attached hydrogens (tertiary/aromatic N) is 1. The molecule has 2 aliphatic rings. The lowest BCUT2D eigenvalue weighted by Crippen LogP contribution is -2.48. The lowest BCUT2D eigenvalue weighted by atomic mass is 9.97. The van der Waals surface area contributed by atoms with Crippen molar-refractivity contribution in [2.75, 3.05) is 32.8 Å². The second kappa shape index (κ2) is 6.71. The van der Waals surface area contributed by atoms with Gasteiger partial charge in [0.05, 0.1) is 19.1 Å². The molecular formula is C16H20F2N2O2. The summed E-state index contributed by atoms with van der Waals surface area (Å²) in [6.45, 7) is 3.03. The van der Waals surface area contributed by atoms with Crippen molar-refractivity contribution in [1.29, 1.82) is 0 Å². The summed E-state index contributed by atoms with van der Waals surface area (Å²) in [5.74, 6) is -1.62. The number of hydrogen-bond donors (Lipinski definition) is 1. The van der Waals surface area contributed by atoms with Gasteiger partial charge in [-0.1, -0.05) is 6.07 Å². The van der Waals surface area contributed by atoms with E-state index in [0.29, 0.717) is 31.8 Å².